The summed E-state index contributed by atoms with van der Waals surface area (Å²) in [6, 6.07) is 20.1. The molecule has 0 aliphatic rings. The number of hydrogen-bond donors (Lipinski definition) is 2. The van der Waals surface area contributed by atoms with Crippen molar-refractivity contribution in [2.45, 2.75) is 53.4 Å². The van der Waals surface area contributed by atoms with E-state index >= 15 is 0 Å². The van der Waals surface area contributed by atoms with E-state index < -0.39 is 6.10 Å². The zero-order valence-corrected chi connectivity index (χ0v) is 27.3. The second-order valence-corrected chi connectivity index (χ2v) is 11.8. The molecule has 0 saturated heterocycles. The fourth-order valence-corrected chi connectivity index (χ4v) is 5.35. The highest BCUT2D eigenvalue weighted by molar-refractivity contribution is 9.10. The summed E-state index contributed by atoms with van der Waals surface area (Å²) in [5.74, 6) is 1.65. The molecule has 3 aromatic rings. The number of allylic oxidation sites excluding steroid dienone is 1. The number of hydrogen-bond acceptors (Lipinski definition) is 5. The Labute approximate surface area is 264 Å². The smallest absolute Gasteiger partial charge is 0.142 e. The second-order valence-electron chi connectivity index (χ2n) is 10.6. The minimum Gasteiger partial charge on any atom is -0.488 e. The number of rotatable bonds is 16. The van der Waals surface area contributed by atoms with Crippen molar-refractivity contribution in [2.75, 3.05) is 13.2 Å². The number of aliphatic hydroxyl groups is 1. The Morgan fingerprint density at radius 1 is 1.05 bits per heavy atom. The van der Waals surface area contributed by atoms with Crippen LogP contribution in [0.25, 0.3) is 11.1 Å². The number of ether oxygens (including phenoxy) is 2. The molecule has 0 bridgehead atoms. The first-order valence-corrected chi connectivity index (χ1v) is 15.5. The van der Waals surface area contributed by atoms with Crippen LogP contribution in [0.15, 0.2) is 94.6 Å². The third-order valence-corrected chi connectivity index (χ3v) is 8.16. The van der Waals surface area contributed by atoms with Crippen LogP contribution < -0.4 is 14.8 Å². The van der Waals surface area contributed by atoms with Gasteiger partial charge in [0.05, 0.1) is 11.1 Å². The molecule has 5 nitrogen and oxygen atoms in total. The van der Waals surface area contributed by atoms with E-state index in [1.165, 1.54) is 0 Å². The second kappa shape index (κ2) is 17.3. The standard InChI is InChI=1S/C35H42BrClN2O3/c1-6-7-16-38-19-25(4)22-41-33-18-34(32(37)17-29(33)20-39-21-31(24(2)3)26(5)40)42-23-28-14-11-15-30(35(28)36)27-12-9-8-10-13-27/h7-19,24,26,31,39-40H,4,6,20-23H2,1-3,5H3/b16-7-,38-19-/t26-,31?/m1/s1. The zero-order chi connectivity index (χ0) is 30.5. The molecule has 0 spiro atoms. The van der Waals surface area contributed by atoms with Gasteiger partial charge in [0.1, 0.15) is 24.7 Å². The summed E-state index contributed by atoms with van der Waals surface area (Å²) in [5, 5.41) is 14.2. The molecule has 0 saturated carbocycles. The van der Waals surface area contributed by atoms with Crippen molar-refractivity contribution in [2.24, 2.45) is 16.8 Å². The number of nitrogens with zero attached hydrogens (tertiary/aromatic N) is 1. The highest BCUT2D eigenvalue weighted by Gasteiger charge is 2.19. The molecule has 3 rings (SSSR count). The molecule has 42 heavy (non-hydrogen) atoms. The summed E-state index contributed by atoms with van der Waals surface area (Å²) in [7, 11) is 0. The maximum absolute atomic E-state index is 10.2. The Morgan fingerprint density at radius 2 is 1.81 bits per heavy atom. The van der Waals surface area contributed by atoms with Gasteiger partial charge in [-0.2, -0.15) is 0 Å². The molecule has 0 heterocycles. The normalized spacial score (nSPS) is 13.1. The number of aliphatic hydroxyl groups excluding tert-OH is 1. The molecule has 1 unspecified atom stereocenters. The van der Waals surface area contributed by atoms with Gasteiger partial charge in [0.15, 0.2) is 0 Å². The molecule has 0 radical (unpaired) electrons. The van der Waals surface area contributed by atoms with Crippen molar-refractivity contribution in [1.82, 2.24) is 5.32 Å². The molecule has 0 fully saturated rings. The van der Waals surface area contributed by atoms with Crippen molar-refractivity contribution in [3.8, 4) is 22.6 Å². The zero-order valence-electron chi connectivity index (χ0n) is 24.9. The summed E-state index contributed by atoms with van der Waals surface area (Å²) in [4.78, 5) is 4.26. The fraction of sp³-hybridized carbons (Fsp3) is 0.343. The van der Waals surface area contributed by atoms with Gasteiger partial charge in [-0.25, -0.2) is 0 Å². The van der Waals surface area contributed by atoms with Crippen LogP contribution >= 0.6 is 27.5 Å². The van der Waals surface area contributed by atoms with Crippen LogP contribution in [0.1, 0.15) is 45.2 Å². The van der Waals surface area contributed by atoms with Crippen molar-refractivity contribution >= 4 is 33.7 Å². The van der Waals surface area contributed by atoms with Gasteiger partial charge in [0, 0.05) is 52.7 Å². The Morgan fingerprint density at radius 3 is 2.50 bits per heavy atom. The fourth-order valence-electron chi connectivity index (χ4n) is 4.51. The van der Waals surface area contributed by atoms with Crippen molar-refractivity contribution in [1.29, 1.82) is 0 Å². The SMILES string of the molecule is C=C(/C=N\C=C/CC)COc1cc(OCc2cccc(-c3ccccc3)c2Br)c(Cl)cc1CNCC(C(C)C)[C@@H](C)O. The first-order chi connectivity index (χ1) is 20.2. The van der Waals surface area contributed by atoms with Crippen molar-refractivity contribution in [3.63, 3.8) is 0 Å². The summed E-state index contributed by atoms with van der Waals surface area (Å²) < 4.78 is 13.4. The lowest BCUT2D eigenvalue weighted by Crippen LogP contribution is -2.33. The van der Waals surface area contributed by atoms with Gasteiger partial charge in [0.2, 0.25) is 0 Å². The highest BCUT2D eigenvalue weighted by Crippen LogP contribution is 2.36. The van der Waals surface area contributed by atoms with Crippen molar-refractivity contribution in [3.05, 3.63) is 106 Å². The van der Waals surface area contributed by atoms with Crippen LogP contribution in [0.4, 0.5) is 0 Å². The average Bonchev–Trinajstić information content (AvgIpc) is 2.97. The molecule has 3 aromatic carbocycles. The Hall–Kier alpha value is -2.90. The average molecular weight is 654 g/mol. The Kier molecular flexibility index (Phi) is 13.8. The molecule has 0 aliphatic heterocycles. The Bertz CT molecular complexity index is 1350. The van der Waals surface area contributed by atoms with Gasteiger partial charge in [-0.05, 0) is 58.3 Å². The lowest BCUT2D eigenvalue weighted by molar-refractivity contribution is 0.0966. The lowest BCUT2D eigenvalue weighted by Gasteiger charge is -2.24. The van der Waals surface area contributed by atoms with E-state index in [1.54, 1.807) is 12.4 Å². The number of aliphatic imine (C=N–C) groups is 1. The minimum absolute atomic E-state index is 0.129. The number of halogens is 2. The first kappa shape index (κ1) is 33.6. The highest BCUT2D eigenvalue weighted by atomic mass is 79.9. The van der Waals surface area contributed by atoms with E-state index in [1.807, 2.05) is 55.5 Å². The van der Waals surface area contributed by atoms with E-state index in [-0.39, 0.29) is 12.5 Å². The maximum Gasteiger partial charge on any atom is 0.142 e. The molecule has 0 amide bonds. The molecule has 224 valence electrons. The third kappa shape index (κ3) is 10.1. The van der Waals surface area contributed by atoms with Crippen LogP contribution in [0.2, 0.25) is 5.02 Å². The van der Waals surface area contributed by atoms with Gasteiger partial charge < -0.3 is 19.9 Å². The van der Waals surface area contributed by atoms with E-state index in [9.17, 15) is 5.11 Å². The number of nitrogens with one attached hydrogen (secondary N) is 1. The molecule has 0 aromatic heterocycles. The molecule has 7 heteroatoms. The molecule has 0 aliphatic carbocycles. The van der Waals surface area contributed by atoms with Crippen LogP contribution in [-0.4, -0.2) is 30.6 Å². The predicted molar refractivity (Wildman–Crippen MR) is 180 cm³/mol. The van der Waals surface area contributed by atoms with E-state index in [0.29, 0.717) is 42.1 Å². The first-order valence-electron chi connectivity index (χ1n) is 14.4. The largest absolute Gasteiger partial charge is 0.488 e. The van der Waals surface area contributed by atoms with E-state index in [0.717, 1.165) is 38.7 Å². The molecule has 2 atom stereocenters. The van der Waals surface area contributed by atoms with Gasteiger partial charge in [-0.15, -0.1) is 0 Å². The van der Waals surface area contributed by atoms with Crippen LogP contribution in [0.3, 0.4) is 0 Å². The summed E-state index contributed by atoms with van der Waals surface area (Å²) in [6.45, 7) is 14.0. The summed E-state index contributed by atoms with van der Waals surface area (Å²) >= 11 is 10.5. The minimum atomic E-state index is -0.406. The number of benzene rings is 3. The molecule has 2 N–H and O–H groups in total. The monoisotopic (exact) mass is 652 g/mol. The van der Waals surface area contributed by atoms with Gasteiger partial charge in [-0.1, -0.05) is 93.6 Å². The van der Waals surface area contributed by atoms with Gasteiger partial charge in [-0.3, -0.25) is 4.99 Å². The third-order valence-electron chi connectivity index (χ3n) is 6.93. The quantitative estimate of drug-likeness (QED) is 0.152. The van der Waals surface area contributed by atoms with Crippen LogP contribution in [0.5, 0.6) is 11.5 Å². The van der Waals surface area contributed by atoms with E-state index in [2.05, 4.69) is 71.8 Å². The topological polar surface area (TPSA) is 63.1 Å². The molecular weight excluding hydrogens is 612 g/mol. The lowest BCUT2D eigenvalue weighted by atomic mass is 9.91. The van der Waals surface area contributed by atoms with E-state index in [4.69, 9.17) is 21.1 Å². The predicted octanol–water partition coefficient (Wildman–Crippen LogP) is 9.02. The summed E-state index contributed by atoms with van der Waals surface area (Å²) in [5.41, 5.74) is 4.86. The summed E-state index contributed by atoms with van der Waals surface area (Å²) in [6.07, 6.45) is 5.95. The van der Waals surface area contributed by atoms with Crippen LogP contribution in [0, 0.1) is 11.8 Å². The van der Waals surface area contributed by atoms with Crippen LogP contribution in [-0.2, 0) is 13.2 Å². The van der Waals surface area contributed by atoms with Gasteiger partial charge >= 0.3 is 0 Å². The van der Waals surface area contributed by atoms with Crippen molar-refractivity contribution < 1.29 is 14.6 Å². The Balaban J connectivity index is 1.80. The molecular formula is C35H42BrClN2O3. The maximum atomic E-state index is 10.2. The van der Waals surface area contributed by atoms with Gasteiger partial charge in [0.25, 0.3) is 0 Å².